The van der Waals surface area contributed by atoms with Crippen LogP contribution in [-0.4, -0.2) is 29.0 Å². The molecule has 0 unspecified atom stereocenters. The quantitative estimate of drug-likeness (QED) is 0.760. The van der Waals surface area contributed by atoms with E-state index in [9.17, 15) is 4.79 Å². The second kappa shape index (κ2) is 4.43. The molecule has 0 saturated heterocycles. The number of carbonyl (C=O) groups excluding carboxylic acids is 1. The Bertz CT molecular complexity index is 744. The van der Waals surface area contributed by atoms with Gasteiger partial charge in [-0.05, 0) is 37.1 Å². The van der Waals surface area contributed by atoms with Crippen LogP contribution in [0.1, 0.15) is 23.2 Å². The molecule has 1 aliphatic carbocycles. The number of carbonyl (C=O) groups is 1. The van der Waals surface area contributed by atoms with E-state index in [2.05, 4.69) is 14.9 Å². The fourth-order valence-corrected chi connectivity index (χ4v) is 2.85. The summed E-state index contributed by atoms with van der Waals surface area (Å²) in [6.07, 6.45) is 3.90. The fourth-order valence-electron chi connectivity index (χ4n) is 2.70. The van der Waals surface area contributed by atoms with Crippen LogP contribution in [0.25, 0.3) is 0 Å². The van der Waals surface area contributed by atoms with Crippen LogP contribution in [0.2, 0.25) is 5.15 Å². The minimum absolute atomic E-state index is 0.114. The number of amides is 1. The number of nitrogens with zero attached hydrogens (tertiary/aromatic N) is 4. The first-order chi connectivity index (χ1) is 10.2. The summed E-state index contributed by atoms with van der Waals surface area (Å²) >= 11 is 6.01. The minimum atomic E-state index is -0.114. The molecule has 0 radical (unpaired) electrons. The zero-order valence-corrected chi connectivity index (χ0v) is 12.2. The Hall–Kier alpha value is -2.14. The van der Waals surface area contributed by atoms with Crippen molar-refractivity contribution in [2.24, 2.45) is 0 Å². The highest BCUT2D eigenvalue weighted by molar-refractivity contribution is 6.29. The molecule has 1 amide bonds. The predicted octanol–water partition coefficient (Wildman–Crippen LogP) is 3.02. The number of fused-ring (bicyclic) bond motifs is 2. The van der Waals surface area contributed by atoms with Crippen LogP contribution in [0.5, 0.6) is 0 Å². The third-order valence-electron chi connectivity index (χ3n) is 3.86. The van der Waals surface area contributed by atoms with Gasteiger partial charge in [0.15, 0.2) is 5.82 Å². The van der Waals surface area contributed by atoms with Gasteiger partial charge in [-0.3, -0.25) is 9.69 Å². The second-order valence-corrected chi connectivity index (χ2v) is 5.70. The summed E-state index contributed by atoms with van der Waals surface area (Å²) in [5.74, 6) is 1.18. The van der Waals surface area contributed by atoms with Crippen LogP contribution in [0.15, 0.2) is 30.5 Å². The van der Waals surface area contributed by atoms with Crippen molar-refractivity contribution in [3.05, 3.63) is 41.2 Å². The summed E-state index contributed by atoms with van der Waals surface area (Å²) in [6.45, 7) is 0. The molecule has 3 heterocycles. The summed E-state index contributed by atoms with van der Waals surface area (Å²) in [5, 5.41) is 0.378. The normalized spacial score (nSPS) is 17.3. The number of hydrogen-bond acceptors (Lipinski definition) is 4. The molecule has 4 rings (SSSR count). The molecule has 21 heavy (non-hydrogen) atoms. The van der Waals surface area contributed by atoms with E-state index in [1.807, 2.05) is 12.1 Å². The van der Waals surface area contributed by atoms with Gasteiger partial charge >= 0.3 is 0 Å². The summed E-state index contributed by atoms with van der Waals surface area (Å²) in [6, 6.07) is 7.63. The van der Waals surface area contributed by atoms with E-state index in [1.165, 1.54) is 0 Å². The lowest BCUT2D eigenvalue weighted by Gasteiger charge is -2.24. The van der Waals surface area contributed by atoms with Gasteiger partial charge in [0.25, 0.3) is 5.91 Å². The van der Waals surface area contributed by atoms with Crippen molar-refractivity contribution in [2.45, 2.75) is 18.9 Å². The highest BCUT2D eigenvalue weighted by Gasteiger charge is 2.38. The topological polar surface area (TPSA) is 49.3 Å². The summed E-state index contributed by atoms with van der Waals surface area (Å²) in [7, 11) is 1.72. The molecule has 1 saturated carbocycles. The average molecular weight is 301 g/mol. The Morgan fingerprint density at radius 1 is 1.24 bits per heavy atom. The summed E-state index contributed by atoms with van der Waals surface area (Å²) in [4.78, 5) is 25.1. The van der Waals surface area contributed by atoms with Gasteiger partial charge in [-0.2, -0.15) is 0 Å². The molecule has 0 spiro atoms. The fraction of sp³-hybridized carbons (Fsp3) is 0.267. The zero-order valence-electron chi connectivity index (χ0n) is 11.5. The van der Waals surface area contributed by atoms with E-state index in [1.54, 1.807) is 30.3 Å². The highest BCUT2D eigenvalue weighted by Crippen LogP contribution is 2.44. The first-order valence-corrected chi connectivity index (χ1v) is 7.23. The van der Waals surface area contributed by atoms with E-state index >= 15 is 0 Å². The van der Waals surface area contributed by atoms with Crippen molar-refractivity contribution in [3.8, 4) is 0 Å². The number of pyridine rings is 2. The van der Waals surface area contributed by atoms with E-state index in [-0.39, 0.29) is 5.91 Å². The Morgan fingerprint density at radius 2 is 2.05 bits per heavy atom. The van der Waals surface area contributed by atoms with Crippen LogP contribution >= 0.6 is 11.6 Å². The molecule has 2 aromatic rings. The van der Waals surface area contributed by atoms with Gasteiger partial charge in [-0.25, -0.2) is 9.97 Å². The molecule has 0 bridgehead atoms. The Balaban J connectivity index is 2.02. The average Bonchev–Trinajstić information content (AvgIpc) is 3.32. The third-order valence-corrected chi connectivity index (χ3v) is 4.07. The maximum atomic E-state index is 12.7. The van der Waals surface area contributed by atoms with Gasteiger partial charge in [0.05, 0.1) is 11.3 Å². The number of anilines is 3. The molecule has 0 atom stereocenters. The Labute approximate surface area is 127 Å². The maximum absolute atomic E-state index is 12.7. The molecule has 6 heteroatoms. The van der Waals surface area contributed by atoms with Crippen LogP contribution < -0.4 is 9.80 Å². The van der Waals surface area contributed by atoms with Crippen molar-refractivity contribution >= 4 is 34.8 Å². The lowest BCUT2D eigenvalue weighted by atomic mass is 10.2. The number of rotatable bonds is 1. The monoisotopic (exact) mass is 300 g/mol. The molecule has 5 nitrogen and oxygen atoms in total. The van der Waals surface area contributed by atoms with Crippen molar-refractivity contribution < 1.29 is 4.79 Å². The number of halogens is 1. The summed E-state index contributed by atoms with van der Waals surface area (Å²) < 4.78 is 0. The van der Waals surface area contributed by atoms with Gasteiger partial charge in [-0.1, -0.05) is 11.6 Å². The molecule has 0 aromatic carbocycles. The van der Waals surface area contributed by atoms with E-state index in [4.69, 9.17) is 11.6 Å². The maximum Gasteiger partial charge on any atom is 0.262 e. The Morgan fingerprint density at radius 3 is 2.81 bits per heavy atom. The van der Waals surface area contributed by atoms with Crippen molar-refractivity contribution in [3.63, 3.8) is 0 Å². The minimum Gasteiger partial charge on any atom is -0.319 e. The molecule has 1 aliphatic heterocycles. The molecule has 1 fully saturated rings. The van der Waals surface area contributed by atoms with Crippen molar-refractivity contribution in [1.29, 1.82) is 0 Å². The van der Waals surface area contributed by atoms with Gasteiger partial charge < -0.3 is 4.90 Å². The van der Waals surface area contributed by atoms with Gasteiger partial charge in [0.1, 0.15) is 11.0 Å². The van der Waals surface area contributed by atoms with Gasteiger partial charge in [0, 0.05) is 19.3 Å². The number of aromatic nitrogens is 2. The molecule has 0 N–H and O–H groups in total. The smallest absolute Gasteiger partial charge is 0.262 e. The first kappa shape index (κ1) is 12.6. The van der Waals surface area contributed by atoms with Crippen LogP contribution in [0, 0.1) is 0 Å². The third kappa shape index (κ3) is 1.88. The van der Waals surface area contributed by atoms with Crippen LogP contribution in [0.4, 0.5) is 17.3 Å². The van der Waals surface area contributed by atoms with E-state index in [0.717, 1.165) is 18.5 Å². The largest absolute Gasteiger partial charge is 0.319 e. The molecular weight excluding hydrogens is 288 g/mol. The van der Waals surface area contributed by atoms with E-state index < -0.39 is 0 Å². The number of hydrogen-bond donors (Lipinski definition) is 0. The molecular formula is C15H13ClN4O. The standard InChI is InChI=1S/C15H13ClN4O/c1-19-14-11(6-7-12(16)18-14)20(9-4-5-9)13-10(15(19)21)3-2-8-17-13/h2-3,6-9H,4-5H2,1H3. The first-order valence-electron chi connectivity index (χ1n) is 6.85. The lowest BCUT2D eigenvalue weighted by molar-refractivity contribution is 0.0993. The summed E-state index contributed by atoms with van der Waals surface area (Å²) in [5.41, 5.74) is 1.48. The van der Waals surface area contributed by atoms with Crippen molar-refractivity contribution in [1.82, 2.24) is 9.97 Å². The highest BCUT2D eigenvalue weighted by atomic mass is 35.5. The molecule has 2 aromatic heterocycles. The SMILES string of the molecule is CN1C(=O)c2cccnc2N(C2CC2)c2ccc(Cl)nc21. The second-order valence-electron chi connectivity index (χ2n) is 5.32. The van der Waals surface area contributed by atoms with Crippen LogP contribution in [-0.2, 0) is 0 Å². The van der Waals surface area contributed by atoms with E-state index in [0.29, 0.717) is 28.4 Å². The predicted molar refractivity (Wildman–Crippen MR) is 81.4 cm³/mol. The Kier molecular flexibility index (Phi) is 2.65. The van der Waals surface area contributed by atoms with Crippen LogP contribution in [0.3, 0.4) is 0 Å². The lowest BCUT2D eigenvalue weighted by Crippen LogP contribution is -2.26. The molecule has 2 aliphatic rings. The van der Waals surface area contributed by atoms with Gasteiger partial charge in [-0.15, -0.1) is 0 Å². The van der Waals surface area contributed by atoms with Crippen molar-refractivity contribution in [2.75, 3.05) is 16.8 Å². The molecule has 106 valence electrons. The van der Waals surface area contributed by atoms with Gasteiger partial charge in [0.2, 0.25) is 0 Å². The zero-order chi connectivity index (χ0) is 14.6.